The lowest BCUT2D eigenvalue weighted by molar-refractivity contribution is 0.0462. The lowest BCUT2D eigenvalue weighted by Gasteiger charge is -2.11. The first-order valence-corrected chi connectivity index (χ1v) is 9.88. The summed E-state index contributed by atoms with van der Waals surface area (Å²) in [5, 5.41) is 1.78. The van der Waals surface area contributed by atoms with Crippen LogP contribution in [0.15, 0.2) is 71.0 Å². The van der Waals surface area contributed by atoms with Crippen LogP contribution in [0.3, 0.4) is 0 Å². The number of aryl methyl sites for hydroxylation is 1. The summed E-state index contributed by atoms with van der Waals surface area (Å²) in [7, 11) is 0. The second kappa shape index (κ2) is 8.28. The zero-order valence-electron chi connectivity index (χ0n) is 15.7. The Labute approximate surface area is 171 Å². The summed E-state index contributed by atoms with van der Waals surface area (Å²) < 4.78 is 12.7. The number of thiazole rings is 1. The Morgan fingerprint density at radius 3 is 2.83 bits per heavy atom. The van der Waals surface area contributed by atoms with Gasteiger partial charge in [-0.2, -0.15) is 0 Å². The summed E-state index contributed by atoms with van der Waals surface area (Å²) >= 11 is 1.35. The van der Waals surface area contributed by atoms with E-state index in [0.717, 1.165) is 11.1 Å². The van der Waals surface area contributed by atoms with Gasteiger partial charge in [0.25, 0.3) is 5.56 Å². The van der Waals surface area contributed by atoms with Gasteiger partial charge in [0, 0.05) is 17.6 Å². The zero-order valence-corrected chi connectivity index (χ0v) is 16.5. The monoisotopic (exact) mass is 406 g/mol. The minimum atomic E-state index is -0.530. The number of carbonyl (C=O) groups is 1. The van der Waals surface area contributed by atoms with Crippen LogP contribution in [0.2, 0.25) is 0 Å². The molecule has 0 unspecified atom stereocenters. The fourth-order valence-corrected chi connectivity index (χ4v) is 3.64. The van der Waals surface area contributed by atoms with Crippen LogP contribution in [0.1, 0.15) is 27.2 Å². The molecule has 7 heteroatoms. The first-order valence-electron chi connectivity index (χ1n) is 9.00. The van der Waals surface area contributed by atoms with Crippen LogP contribution in [0.25, 0.3) is 4.96 Å². The maximum Gasteiger partial charge on any atom is 0.342 e. The molecule has 2 aromatic heterocycles. The highest BCUT2D eigenvalue weighted by molar-refractivity contribution is 7.15. The van der Waals surface area contributed by atoms with E-state index in [2.05, 4.69) is 4.98 Å². The number of benzene rings is 2. The fraction of sp³-hybridized carbons (Fsp3) is 0.136. The van der Waals surface area contributed by atoms with E-state index in [1.807, 2.05) is 31.2 Å². The van der Waals surface area contributed by atoms with E-state index in [0.29, 0.717) is 28.6 Å². The van der Waals surface area contributed by atoms with Crippen molar-refractivity contribution in [2.24, 2.45) is 0 Å². The van der Waals surface area contributed by atoms with Crippen molar-refractivity contribution in [3.8, 4) is 5.75 Å². The van der Waals surface area contributed by atoms with Crippen molar-refractivity contribution < 1.29 is 14.3 Å². The number of aromatic nitrogens is 2. The summed E-state index contributed by atoms with van der Waals surface area (Å²) in [4.78, 5) is 29.5. The molecule has 0 radical (unpaired) electrons. The van der Waals surface area contributed by atoms with Crippen molar-refractivity contribution in [1.82, 2.24) is 9.38 Å². The van der Waals surface area contributed by atoms with Crippen molar-refractivity contribution >= 4 is 22.3 Å². The molecular formula is C22H18N2O4S. The van der Waals surface area contributed by atoms with Crippen LogP contribution in [0.4, 0.5) is 0 Å². The molecule has 2 heterocycles. The topological polar surface area (TPSA) is 69.9 Å². The number of fused-ring (bicyclic) bond motifs is 1. The molecule has 0 fully saturated rings. The minimum absolute atomic E-state index is 0.0886. The lowest BCUT2D eigenvalue weighted by Crippen LogP contribution is -2.15. The number of ether oxygens (including phenoxy) is 2. The molecule has 0 aliphatic carbocycles. The predicted octanol–water partition coefficient (Wildman–Crippen LogP) is 4.00. The molecule has 0 aliphatic heterocycles. The lowest BCUT2D eigenvalue weighted by atomic mass is 10.1. The van der Waals surface area contributed by atoms with Crippen molar-refractivity contribution in [2.45, 2.75) is 20.1 Å². The molecule has 0 amide bonds. The van der Waals surface area contributed by atoms with E-state index in [9.17, 15) is 9.59 Å². The van der Waals surface area contributed by atoms with E-state index in [1.165, 1.54) is 21.8 Å². The van der Waals surface area contributed by atoms with Crippen molar-refractivity contribution in [1.29, 1.82) is 0 Å². The van der Waals surface area contributed by atoms with E-state index in [1.54, 1.807) is 35.8 Å². The SMILES string of the molecule is Cc1cccc(COc2ccccc2C(=O)OCc2cc(=O)n3ccsc3n2)c1. The third-order valence-corrected chi connectivity index (χ3v) is 5.05. The highest BCUT2D eigenvalue weighted by atomic mass is 32.1. The van der Waals surface area contributed by atoms with Crippen LogP contribution in [-0.2, 0) is 18.0 Å². The quantitative estimate of drug-likeness (QED) is 0.453. The molecule has 2 aromatic carbocycles. The molecule has 0 bridgehead atoms. The Balaban J connectivity index is 1.46. The number of rotatable bonds is 6. The normalized spacial score (nSPS) is 10.8. The van der Waals surface area contributed by atoms with Crippen LogP contribution in [0, 0.1) is 6.92 Å². The highest BCUT2D eigenvalue weighted by Crippen LogP contribution is 2.21. The van der Waals surface area contributed by atoms with Gasteiger partial charge in [-0.05, 0) is 24.6 Å². The average molecular weight is 406 g/mol. The molecule has 29 heavy (non-hydrogen) atoms. The summed E-state index contributed by atoms with van der Waals surface area (Å²) in [6, 6.07) is 16.3. The minimum Gasteiger partial charge on any atom is -0.488 e. The Hall–Kier alpha value is -3.45. The average Bonchev–Trinajstić information content (AvgIpc) is 3.20. The Bertz CT molecular complexity index is 1230. The molecule has 4 rings (SSSR count). The van der Waals surface area contributed by atoms with Gasteiger partial charge in [-0.3, -0.25) is 9.20 Å². The zero-order chi connectivity index (χ0) is 20.2. The number of esters is 1. The van der Waals surface area contributed by atoms with Gasteiger partial charge in [-0.25, -0.2) is 9.78 Å². The molecule has 6 nitrogen and oxygen atoms in total. The van der Waals surface area contributed by atoms with Gasteiger partial charge in [0.15, 0.2) is 4.96 Å². The van der Waals surface area contributed by atoms with Crippen LogP contribution >= 0.6 is 11.3 Å². The molecule has 0 saturated heterocycles. The predicted molar refractivity (Wildman–Crippen MR) is 110 cm³/mol. The smallest absolute Gasteiger partial charge is 0.342 e. The van der Waals surface area contributed by atoms with E-state index >= 15 is 0 Å². The Morgan fingerprint density at radius 1 is 1.10 bits per heavy atom. The maximum atomic E-state index is 12.6. The number of carbonyl (C=O) groups excluding carboxylic acids is 1. The van der Waals surface area contributed by atoms with Crippen LogP contribution in [0.5, 0.6) is 5.75 Å². The van der Waals surface area contributed by atoms with Crippen molar-refractivity contribution in [2.75, 3.05) is 0 Å². The van der Waals surface area contributed by atoms with Gasteiger partial charge in [-0.1, -0.05) is 42.0 Å². The van der Waals surface area contributed by atoms with Crippen LogP contribution < -0.4 is 10.3 Å². The van der Waals surface area contributed by atoms with Gasteiger partial charge in [0.1, 0.15) is 24.5 Å². The summed E-state index contributed by atoms with van der Waals surface area (Å²) in [5.41, 5.74) is 2.69. The van der Waals surface area contributed by atoms with Crippen LogP contribution in [-0.4, -0.2) is 15.4 Å². The number of para-hydroxylation sites is 1. The van der Waals surface area contributed by atoms with Gasteiger partial charge >= 0.3 is 5.97 Å². The van der Waals surface area contributed by atoms with Crippen molar-refractivity contribution in [3.63, 3.8) is 0 Å². The molecular weight excluding hydrogens is 388 g/mol. The van der Waals surface area contributed by atoms with E-state index in [4.69, 9.17) is 9.47 Å². The van der Waals surface area contributed by atoms with Gasteiger partial charge < -0.3 is 9.47 Å². The molecule has 0 spiro atoms. The number of hydrogen-bond donors (Lipinski definition) is 0. The maximum absolute atomic E-state index is 12.6. The first kappa shape index (κ1) is 18.9. The summed E-state index contributed by atoms with van der Waals surface area (Å²) in [6.07, 6.45) is 1.66. The van der Waals surface area contributed by atoms with Crippen molar-refractivity contribution in [3.05, 3.63) is 98.9 Å². The first-order chi connectivity index (χ1) is 14.1. The van der Waals surface area contributed by atoms with Gasteiger partial charge in [0.2, 0.25) is 0 Å². The number of hydrogen-bond acceptors (Lipinski definition) is 6. The summed E-state index contributed by atoms with van der Waals surface area (Å²) in [5.74, 6) is -0.0845. The molecule has 4 aromatic rings. The molecule has 146 valence electrons. The van der Waals surface area contributed by atoms with E-state index < -0.39 is 5.97 Å². The fourth-order valence-electron chi connectivity index (χ4n) is 2.90. The third-order valence-electron chi connectivity index (χ3n) is 4.29. The second-order valence-electron chi connectivity index (χ2n) is 6.49. The van der Waals surface area contributed by atoms with Gasteiger partial charge in [-0.15, -0.1) is 11.3 Å². The standard InChI is InChI=1S/C22H18N2O4S/c1-15-5-4-6-16(11-15)13-27-19-8-3-2-7-18(19)21(26)28-14-17-12-20(25)24-9-10-29-22(24)23-17/h2-12H,13-14H2,1H3. The molecule has 0 N–H and O–H groups in total. The van der Waals surface area contributed by atoms with Gasteiger partial charge in [0.05, 0.1) is 5.69 Å². The third kappa shape index (κ3) is 4.35. The Kier molecular flexibility index (Phi) is 5.39. The largest absolute Gasteiger partial charge is 0.488 e. The second-order valence-corrected chi connectivity index (χ2v) is 7.36. The Morgan fingerprint density at radius 2 is 1.97 bits per heavy atom. The molecule has 0 aliphatic rings. The highest BCUT2D eigenvalue weighted by Gasteiger charge is 2.15. The number of nitrogens with zero attached hydrogens (tertiary/aromatic N) is 2. The van der Waals surface area contributed by atoms with E-state index in [-0.39, 0.29) is 12.2 Å². The molecule has 0 saturated carbocycles. The molecule has 0 atom stereocenters. The summed E-state index contributed by atoms with van der Waals surface area (Å²) in [6.45, 7) is 2.27.